The van der Waals surface area contributed by atoms with E-state index in [4.69, 9.17) is 13.7 Å². The van der Waals surface area contributed by atoms with Gasteiger partial charge in [-0.3, -0.25) is 0 Å². The number of carbonyl (C=O) groups excluding carboxylic acids is 1. The first-order valence-corrected chi connectivity index (χ1v) is 3.67. The summed E-state index contributed by atoms with van der Waals surface area (Å²) in [7, 11) is 5.15. The molecule has 11 heavy (non-hydrogen) atoms. The van der Waals surface area contributed by atoms with Crippen molar-refractivity contribution in [3.8, 4) is 0 Å². The quantitative estimate of drug-likeness (QED) is 0.538. The third kappa shape index (κ3) is 2.80. The summed E-state index contributed by atoms with van der Waals surface area (Å²) in [5, 5.41) is 0. The highest BCUT2D eigenvalue weighted by molar-refractivity contribution is 6.13. The Morgan fingerprint density at radius 2 is 2.36 bits per heavy atom. The summed E-state index contributed by atoms with van der Waals surface area (Å²) in [6, 6.07) is 0. The van der Waals surface area contributed by atoms with E-state index in [1.54, 1.807) is 0 Å². The summed E-state index contributed by atoms with van der Waals surface area (Å²) in [4.78, 5) is 11.5. The van der Waals surface area contributed by atoms with Crippen LogP contribution in [-0.4, -0.2) is 38.1 Å². The fourth-order valence-electron chi connectivity index (χ4n) is 0.664. The minimum absolute atomic E-state index is 0.220. The molecule has 0 aromatic carbocycles. The van der Waals surface area contributed by atoms with Gasteiger partial charge in [0.1, 0.15) is 6.10 Å². The maximum Gasteiger partial charge on any atom is 0.397 e. The van der Waals surface area contributed by atoms with Crippen LogP contribution in [0.15, 0.2) is 0 Å². The molecular formula is C6H13BN2O2. The van der Waals surface area contributed by atoms with Gasteiger partial charge in [-0.2, -0.15) is 0 Å². The summed E-state index contributed by atoms with van der Waals surface area (Å²) < 4.78 is 4.66. The van der Waals surface area contributed by atoms with Crippen LogP contribution in [0.2, 0.25) is 0 Å². The zero-order valence-corrected chi connectivity index (χ0v) is 6.91. The van der Waals surface area contributed by atoms with Gasteiger partial charge in [0.15, 0.2) is 0 Å². The number of hydrogen-bond acceptors (Lipinski definition) is 3. The van der Waals surface area contributed by atoms with E-state index < -0.39 is 6.09 Å². The second-order valence-electron chi connectivity index (χ2n) is 1.89. The van der Waals surface area contributed by atoms with E-state index in [2.05, 4.69) is 4.74 Å². The van der Waals surface area contributed by atoms with E-state index >= 15 is 0 Å². The predicted octanol–water partition coefficient (Wildman–Crippen LogP) is -0.124. The van der Waals surface area contributed by atoms with Crippen molar-refractivity contribution in [3.05, 3.63) is 0 Å². The summed E-state index contributed by atoms with van der Waals surface area (Å²) in [6.45, 7) is 4.73. The zero-order chi connectivity index (χ0) is 8.85. The highest BCUT2D eigenvalue weighted by Gasteiger charge is 2.25. The van der Waals surface area contributed by atoms with Crippen molar-refractivity contribution in [2.45, 2.75) is 20.0 Å². The Morgan fingerprint density at radius 1 is 1.82 bits per heavy atom. The van der Waals surface area contributed by atoms with Crippen LogP contribution in [-0.2, 0) is 4.74 Å². The number of hydrogen-bond donors (Lipinski definition) is 1. The van der Waals surface area contributed by atoms with Crippen molar-refractivity contribution in [3.63, 3.8) is 0 Å². The van der Waals surface area contributed by atoms with Gasteiger partial charge >= 0.3 is 6.09 Å². The van der Waals surface area contributed by atoms with Gasteiger partial charge in [-0.1, -0.05) is 13.8 Å². The fraction of sp³-hybridized carbons (Fsp3) is 0.833. The third-order valence-electron chi connectivity index (χ3n) is 1.17. The lowest BCUT2D eigenvalue weighted by atomic mass is 10.3. The second kappa shape index (κ2) is 5.01. The van der Waals surface area contributed by atoms with Crippen molar-refractivity contribution < 1.29 is 9.53 Å². The van der Waals surface area contributed by atoms with Crippen molar-refractivity contribution in [2.75, 3.05) is 13.1 Å². The molecule has 1 heterocycles. The number of rotatable bonds is 1. The van der Waals surface area contributed by atoms with Crippen LogP contribution >= 0.6 is 0 Å². The Balaban J connectivity index is 0.000000461. The lowest BCUT2D eigenvalue weighted by Gasteiger charge is -2.01. The Kier molecular flexibility index (Phi) is 4.69. The molecule has 1 aliphatic heterocycles. The van der Waals surface area contributed by atoms with Crippen LogP contribution < -0.4 is 5.73 Å². The molecule has 1 fully saturated rings. The molecule has 2 N–H and O–H groups in total. The fourth-order valence-corrected chi connectivity index (χ4v) is 0.664. The van der Waals surface area contributed by atoms with E-state index in [1.165, 1.54) is 0 Å². The lowest BCUT2D eigenvalue weighted by molar-refractivity contribution is 0.140. The Hall–Kier alpha value is -0.705. The van der Waals surface area contributed by atoms with E-state index in [0.717, 1.165) is 4.81 Å². The standard InChI is InChI=1S/C4H7BN2O2.C2H6/c5-7-2-3(1-6)9-4(7)8;1-2/h3H,1-2,6H2;1-2H3. The smallest absolute Gasteiger partial charge is 0.397 e. The first kappa shape index (κ1) is 10.3. The first-order valence-electron chi connectivity index (χ1n) is 3.67. The molecule has 1 saturated heterocycles. The minimum Gasteiger partial charge on any atom is -0.444 e. The molecule has 0 spiro atoms. The molecule has 1 rings (SSSR count). The molecule has 0 aliphatic carbocycles. The van der Waals surface area contributed by atoms with Crippen LogP contribution in [0.4, 0.5) is 4.79 Å². The van der Waals surface area contributed by atoms with Crippen molar-refractivity contribution in [2.24, 2.45) is 5.73 Å². The summed E-state index contributed by atoms with van der Waals surface area (Å²) in [6.07, 6.45) is -0.715. The zero-order valence-electron chi connectivity index (χ0n) is 6.91. The molecule has 0 bridgehead atoms. The number of nitrogens with zero attached hydrogens (tertiary/aromatic N) is 1. The van der Waals surface area contributed by atoms with Gasteiger partial charge in [-0.25, -0.2) is 4.79 Å². The highest BCUT2D eigenvalue weighted by atomic mass is 16.6. The molecular weight excluding hydrogens is 143 g/mol. The van der Waals surface area contributed by atoms with Gasteiger partial charge in [0.2, 0.25) is 7.98 Å². The van der Waals surface area contributed by atoms with E-state index in [-0.39, 0.29) is 6.10 Å². The average Bonchev–Trinajstić information content (AvgIpc) is 2.36. The van der Waals surface area contributed by atoms with Crippen LogP contribution in [0.3, 0.4) is 0 Å². The van der Waals surface area contributed by atoms with Gasteiger partial charge in [0, 0.05) is 13.1 Å². The summed E-state index contributed by atoms with van der Waals surface area (Å²) in [5.74, 6) is 0. The Morgan fingerprint density at radius 3 is 2.55 bits per heavy atom. The Bertz CT molecular complexity index is 132. The normalized spacial score (nSPS) is 22.3. The molecule has 5 heteroatoms. The number of cyclic esters (lactones) is 1. The summed E-state index contributed by atoms with van der Waals surface area (Å²) in [5.41, 5.74) is 5.20. The monoisotopic (exact) mass is 156 g/mol. The van der Waals surface area contributed by atoms with Gasteiger partial charge in [-0.15, -0.1) is 0 Å². The number of nitrogens with two attached hydrogens (primary N) is 1. The third-order valence-corrected chi connectivity index (χ3v) is 1.17. The highest BCUT2D eigenvalue weighted by Crippen LogP contribution is 2.05. The van der Waals surface area contributed by atoms with Crippen LogP contribution in [0.1, 0.15) is 13.8 Å². The molecule has 1 unspecified atom stereocenters. The Labute approximate surface area is 68.1 Å². The molecule has 1 atom stereocenters. The molecule has 0 saturated carbocycles. The first-order chi connectivity index (χ1) is 5.24. The van der Waals surface area contributed by atoms with E-state index in [9.17, 15) is 4.79 Å². The lowest BCUT2D eigenvalue weighted by Crippen LogP contribution is -2.25. The van der Waals surface area contributed by atoms with E-state index in [0.29, 0.717) is 13.1 Å². The second-order valence-corrected chi connectivity index (χ2v) is 1.89. The van der Waals surface area contributed by atoms with Crippen LogP contribution in [0.25, 0.3) is 0 Å². The molecule has 1 aliphatic rings. The number of ether oxygens (including phenoxy) is 1. The van der Waals surface area contributed by atoms with Crippen molar-refractivity contribution in [1.29, 1.82) is 0 Å². The maximum absolute atomic E-state index is 10.5. The maximum atomic E-state index is 10.5. The summed E-state index contributed by atoms with van der Waals surface area (Å²) >= 11 is 0. The average molecular weight is 156 g/mol. The largest absolute Gasteiger partial charge is 0.444 e. The van der Waals surface area contributed by atoms with Crippen LogP contribution in [0, 0.1) is 0 Å². The minimum atomic E-state index is -0.495. The van der Waals surface area contributed by atoms with E-state index in [1.807, 2.05) is 13.8 Å². The number of amides is 1. The molecule has 2 radical (unpaired) electrons. The molecule has 1 amide bonds. The van der Waals surface area contributed by atoms with Gasteiger partial charge < -0.3 is 15.3 Å². The molecule has 4 nitrogen and oxygen atoms in total. The van der Waals surface area contributed by atoms with Crippen molar-refractivity contribution in [1.82, 2.24) is 4.81 Å². The van der Waals surface area contributed by atoms with Gasteiger partial charge in [0.05, 0.1) is 0 Å². The topological polar surface area (TPSA) is 55.6 Å². The molecule has 0 aromatic rings. The molecule has 62 valence electrons. The van der Waals surface area contributed by atoms with Crippen LogP contribution in [0.5, 0.6) is 0 Å². The SMILES string of the molecule is CC.[B]N1CC(CN)OC1=O. The van der Waals surface area contributed by atoms with Gasteiger partial charge in [0.25, 0.3) is 0 Å². The predicted molar refractivity (Wildman–Crippen MR) is 43.1 cm³/mol. The van der Waals surface area contributed by atoms with Crippen molar-refractivity contribution >= 4 is 14.1 Å². The van der Waals surface area contributed by atoms with Gasteiger partial charge in [-0.05, 0) is 0 Å². The molecule has 0 aromatic heterocycles. The number of carbonyl (C=O) groups is 1.